The largest absolute Gasteiger partial charge is 0.493 e. The molecule has 7 nitrogen and oxygen atoms in total. The SMILES string of the molecule is CCOC(=O)C1=C(C)NC(=O)NC1c1cc(OC)c(OC)cc1Br. The molecule has 1 unspecified atom stereocenters. The zero-order valence-corrected chi connectivity index (χ0v) is 15.4. The molecule has 0 saturated carbocycles. The van der Waals surface area contributed by atoms with Crippen molar-refractivity contribution >= 4 is 27.9 Å². The van der Waals surface area contributed by atoms with Crippen molar-refractivity contribution in [3.63, 3.8) is 0 Å². The van der Waals surface area contributed by atoms with Crippen LogP contribution in [-0.2, 0) is 9.53 Å². The standard InChI is InChI=1S/C16H19BrN2O5/c1-5-24-15(20)13-8(2)18-16(21)19-14(13)9-6-11(22-3)12(23-4)7-10(9)17/h6-7,14H,5H2,1-4H3,(H2,18,19,21). The van der Waals surface area contributed by atoms with Crippen molar-refractivity contribution in [3.05, 3.63) is 33.4 Å². The number of carbonyl (C=O) groups excluding carboxylic acids is 2. The van der Waals surface area contributed by atoms with Gasteiger partial charge in [-0.15, -0.1) is 0 Å². The molecule has 1 atom stereocenters. The molecule has 2 N–H and O–H groups in total. The predicted octanol–water partition coefficient (Wildman–Crippen LogP) is 2.66. The van der Waals surface area contributed by atoms with E-state index in [2.05, 4.69) is 26.6 Å². The molecule has 130 valence electrons. The fraction of sp³-hybridized carbons (Fsp3) is 0.375. The van der Waals surface area contributed by atoms with Crippen LogP contribution < -0.4 is 20.1 Å². The lowest BCUT2D eigenvalue weighted by molar-refractivity contribution is -0.139. The number of hydrogen-bond donors (Lipinski definition) is 2. The molecule has 0 fully saturated rings. The lowest BCUT2D eigenvalue weighted by Gasteiger charge is -2.29. The highest BCUT2D eigenvalue weighted by Crippen LogP contribution is 2.39. The Balaban J connectivity index is 2.57. The van der Waals surface area contributed by atoms with Crippen LogP contribution in [0.25, 0.3) is 0 Å². The van der Waals surface area contributed by atoms with Crippen LogP contribution in [0, 0.1) is 0 Å². The Hall–Kier alpha value is -2.22. The van der Waals surface area contributed by atoms with Crippen LogP contribution in [0.4, 0.5) is 4.79 Å². The van der Waals surface area contributed by atoms with Crippen molar-refractivity contribution in [3.8, 4) is 11.5 Å². The molecule has 1 aliphatic heterocycles. The molecule has 0 radical (unpaired) electrons. The van der Waals surface area contributed by atoms with Gasteiger partial charge in [0, 0.05) is 10.2 Å². The Bertz CT molecular complexity index is 702. The molecule has 0 spiro atoms. The zero-order chi connectivity index (χ0) is 17.9. The number of ether oxygens (including phenoxy) is 3. The smallest absolute Gasteiger partial charge is 0.338 e. The second-order valence-corrected chi connectivity index (χ2v) is 5.87. The summed E-state index contributed by atoms with van der Waals surface area (Å²) in [5.74, 6) is 0.533. The molecule has 1 aromatic carbocycles. The van der Waals surface area contributed by atoms with E-state index >= 15 is 0 Å². The number of urea groups is 1. The average Bonchev–Trinajstić information content (AvgIpc) is 2.53. The number of allylic oxidation sites excluding steroid dienone is 1. The second kappa shape index (κ2) is 7.57. The van der Waals surface area contributed by atoms with Crippen molar-refractivity contribution in [1.29, 1.82) is 0 Å². The van der Waals surface area contributed by atoms with Gasteiger partial charge in [0.2, 0.25) is 0 Å². The summed E-state index contributed by atoms with van der Waals surface area (Å²) in [6, 6.07) is 2.37. The summed E-state index contributed by atoms with van der Waals surface area (Å²) in [5.41, 5.74) is 1.44. The zero-order valence-electron chi connectivity index (χ0n) is 13.9. The molecule has 24 heavy (non-hydrogen) atoms. The highest BCUT2D eigenvalue weighted by molar-refractivity contribution is 9.10. The summed E-state index contributed by atoms with van der Waals surface area (Å²) in [6.45, 7) is 3.62. The van der Waals surface area contributed by atoms with Gasteiger partial charge in [0.1, 0.15) is 0 Å². The summed E-state index contributed by atoms with van der Waals surface area (Å²) in [6.07, 6.45) is 0. The molecule has 8 heteroatoms. The molecule has 0 bridgehead atoms. The number of hydrogen-bond acceptors (Lipinski definition) is 5. The third kappa shape index (κ3) is 3.48. The van der Waals surface area contributed by atoms with Gasteiger partial charge >= 0.3 is 12.0 Å². The summed E-state index contributed by atoms with van der Waals surface area (Å²) >= 11 is 3.46. The van der Waals surface area contributed by atoms with Crippen LogP contribution in [0.1, 0.15) is 25.5 Å². The number of esters is 1. The minimum absolute atomic E-state index is 0.239. The summed E-state index contributed by atoms with van der Waals surface area (Å²) in [7, 11) is 3.05. The van der Waals surface area contributed by atoms with Gasteiger partial charge in [-0.05, 0) is 31.5 Å². The third-order valence-corrected chi connectivity index (χ3v) is 4.27. The van der Waals surface area contributed by atoms with E-state index in [9.17, 15) is 9.59 Å². The minimum atomic E-state index is -0.674. The number of carbonyl (C=O) groups is 2. The van der Waals surface area contributed by atoms with Gasteiger partial charge in [-0.2, -0.15) is 0 Å². The molecule has 0 aliphatic carbocycles. The van der Waals surface area contributed by atoms with Gasteiger partial charge in [-0.3, -0.25) is 0 Å². The summed E-state index contributed by atoms with van der Waals surface area (Å²) in [4.78, 5) is 24.2. The Morgan fingerprint density at radius 1 is 1.25 bits per heavy atom. The Labute approximate surface area is 148 Å². The molecule has 2 rings (SSSR count). The van der Waals surface area contributed by atoms with Crippen molar-refractivity contribution in [2.24, 2.45) is 0 Å². The Morgan fingerprint density at radius 3 is 2.46 bits per heavy atom. The molecule has 2 amide bonds. The van der Waals surface area contributed by atoms with Gasteiger partial charge in [-0.1, -0.05) is 15.9 Å². The van der Waals surface area contributed by atoms with E-state index in [4.69, 9.17) is 14.2 Å². The maximum Gasteiger partial charge on any atom is 0.338 e. The van der Waals surface area contributed by atoms with Crippen molar-refractivity contribution in [2.75, 3.05) is 20.8 Å². The van der Waals surface area contributed by atoms with E-state index in [1.807, 2.05) is 0 Å². The fourth-order valence-corrected chi connectivity index (χ4v) is 3.05. The van der Waals surface area contributed by atoms with Crippen LogP contribution in [0.15, 0.2) is 27.9 Å². The van der Waals surface area contributed by atoms with E-state index in [0.29, 0.717) is 32.8 Å². The van der Waals surface area contributed by atoms with Crippen molar-refractivity contribution in [1.82, 2.24) is 10.6 Å². The van der Waals surface area contributed by atoms with E-state index in [0.717, 1.165) is 0 Å². The summed E-state index contributed by atoms with van der Waals surface area (Å²) in [5, 5.41) is 5.34. The predicted molar refractivity (Wildman–Crippen MR) is 91.0 cm³/mol. The molecular weight excluding hydrogens is 380 g/mol. The van der Waals surface area contributed by atoms with Gasteiger partial charge in [0.15, 0.2) is 11.5 Å². The first-order chi connectivity index (χ1) is 11.4. The molecule has 1 aromatic rings. The highest BCUT2D eigenvalue weighted by Gasteiger charge is 2.33. The second-order valence-electron chi connectivity index (χ2n) is 5.02. The Morgan fingerprint density at radius 2 is 1.88 bits per heavy atom. The van der Waals surface area contributed by atoms with Gasteiger partial charge in [0.05, 0.1) is 32.4 Å². The molecule has 0 aromatic heterocycles. The molecule has 1 aliphatic rings. The van der Waals surface area contributed by atoms with Crippen LogP contribution in [0.3, 0.4) is 0 Å². The number of amides is 2. The molecule has 1 heterocycles. The van der Waals surface area contributed by atoms with E-state index in [1.54, 1.807) is 26.0 Å². The third-order valence-electron chi connectivity index (χ3n) is 3.58. The van der Waals surface area contributed by atoms with Crippen LogP contribution in [-0.4, -0.2) is 32.8 Å². The van der Waals surface area contributed by atoms with Gasteiger partial charge in [-0.25, -0.2) is 9.59 Å². The maximum atomic E-state index is 12.3. The van der Waals surface area contributed by atoms with E-state index < -0.39 is 18.0 Å². The lowest BCUT2D eigenvalue weighted by Crippen LogP contribution is -2.45. The minimum Gasteiger partial charge on any atom is -0.493 e. The normalized spacial score (nSPS) is 17.0. The monoisotopic (exact) mass is 398 g/mol. The van der Waals surface area contributed by atoms with Gasteiger partial charge < -0.3 is 24.8 Å². The number of halogens is 1. The summed E-state index contributed by atoms with van der Waals surface area (Å²) < 4.78 is 16.4. The van der Waals surface area contributed by atoms with Crippen molar-refractivity contribution in [2.45, 2.75) is 19.9 Å². The topological polar surface area (TPSA) is 85.9 Å². The number of rotatable bonds is 5. The first-order valence-corrected chi connectivity index (χ1v) is 8.09. The number of methoxy groups -OCH3 is 2. The van der Waals surface area contributed by atoms with Crippen LogP contribution in [0.2, 0.25) is 0 Å². The van der Waals surface area contributed by atoms with Crippen LogP contribution in [0.5, 0.6) is 11.5 Å². The quantitative estimate of drug-likeness (QED) is 0.744. The molecule has 0 saturated heterocycles. The lowest BCUT2D eigenvalue weighted by atomic mass is 9.95. The average molecular weight is 399 g/mol. The van der Waals surface area contributed by atoms with E-state index in [1.165, 1.54) is 14.2 Å². The van der Waals surface area contributed by atoms with E-state index in [-0.39, 0.29) is 6.61 Å². The fourth-order valence-electron chi connectivity index (χ4n) is 2.50. The number of nitrogens with one attached hydrogen (secondary N) is 2. The van der Waals surface area contributed by atoms with Gasteiger partial charge in [0.25, 0.3) is 0 Å². The number of benzene rings is 1. The highest BCUT2D eigenvalue weighted by atomic mass is 79.9. The Kier molecular flexibility index (Phi) is 5.71. The van der Waals surface area contributed by atoms with Crippen LogP contribution >= 0.6 is 15.9 Å². The first-order valence-electron chi connectivity index (χ1n) is 7.29. The first kappa shape index (κ1) is 18.1. The maximum absolute atomic E-state index is 12.3. The molecular formula is C16H19BrN2O5. The van der Waals surface area contributed by atoms with Crippen molar-refractivity contribution < 1.29 is 23.8 Å².